The second kappa shape index (κ2) is 8.15. The van der Waals surface area contributed by atoms with Crippen LogP contribution >= 0.6 is 11.3 Å². The number of piperidine rings is 1. The quantitative estimate of drug-likeness (QED) is 0.671. The van der Waals surface area contributed by atoms with Crippen LogP contribution in [-0.4, -0.2) is 60.8 Å². The van der Waals surface area contributed by atoms with Crippen molar-refractivity contribution in [3.05, 3.63) is 41.8 Å². The van der Waals surface area contributed by atoms with E-state index in [0.717, 1.165) is 66.8 Å². The van der Waals surface area contributed by atoms with Crippen molar-refractivity contribution in [1.82, 2.24) is 14.9 Å². The Hall–Kier alpha value is -2.02. The lowest BCUT2D eigenvalue weighted by Crippen LogP contribution is -2.44. The van der Waals surface area contributed by atoms with E-state index in [1.165, 1.54) is 19.4 Å². The van der Waals surface area contributed by atoms with Crippen molar-refractivity contribution in [1.29, 1.82) is 0 Å². The molecule has 2 saturated heterocycles. The number of benzene rings is 1. The fraction of sp³-hybridized carbons (Fsp3) is 0.455. The Kier molecular flexibility index (Phi) is 5.25. The van der Waals surface area contributed by atoms with E-state index in [0.29, 0.717) is 5.92 Å². The fourth-order valence-electron chi connectivity index (χ4n) is 4.37. The van der Waals surface area contributed by atoms with Gasteiger partial charge in [-0.05, 0) is 42.3 Å². The number of anilines is 1. The number of aromatic nitrogens is 2. The van der Waals surface area contributed by atoms with Crippen molar-refractivity contribution in [2.75, 3.05) is 50.8 Å². The van der Waals surface area contributed by atoms with Gasteiger partial charge >= 0.3 is 0 Å². The maximum absolute atomic E-state index is 5.51. The third kappa shape index (κ3) is 3.77. The first-order valence-electron chi connectivity index (χ1n) is 10.2. The van der Waals surface area contributed by atoms with Crippen molar-refractivity contribution in [2.45, 2.75) is 12.8 Å². The predicted molar refractivity (Wildman–Crippen MR) is 115 cm³/mol. The SMILES string of the molecule is c1csc(-c2nc(N3CCCC(CN4CCOCC4)C3)c3ccccc3n2)c1. The van der Waals surface area contributed by atoms with Gasteiger partial charge in [-0.15, -0.1) is 11.3 Å². The molecule has 1 aromatic carbocycles. The lowest BCUT2D eigenvalue weighted by molar-refractivity contribution is 0.0296. The molecule has 2 fully saturated rings. The number of hydrogen-bond donors (Lipinski definition) is 0. The lowest BCUT2D eigenvalue weighted by Gasteiger charge is -2.37. The first-order chi connectivity index (χ1) is 13.9. The molecule has 0 radical (unpaired) electrons. The Morgan fingerprint density at radius 3 is 2.79 bits per heavy atom. The zero-order chi connectivity index (χ0) is 18.8. The van der Waals surface area contributed by atoms with Crippen LogP contribution in [0.3, 0.4) is 0 Å². The topological polar surface area (TPSA) is 41.5 Å². The minimum Gasteiger partial charge on any atom is -0.379 e. The molecule has 0 spiro atoms. The Labute approximate surface area is 170 Å². The number of morpholine rings is 1. The van der Waals surface area contributed by atoms with Gasteiger partial charge in [-0.3, -0.25) is 4.90 Å². The molecule has 5 rings (SSSR count). The number of nitrogens with zero attached hydrogens (tertiary/aromatic N) is 4. The van der Waals surface area contributed by atoms with E-state index in [2.05, 4.69) is 51.6 Å². The van der Waals surface area contributed by atoms with E-state index < -0.39 is 0 Å². The zero-order valence-corrected chi connectivity index (χ0v) is 16.9. The van der Waals surface area contributed by atoms with Gasteiger partial charge < -0.3 is 9.64 Å². The second-order valence-electron chi connectivity index (χ2n) is 7.73. The largest absolute Gasteiger partial charge is 0.379 e. The van der Waals surface area contributed by atoms with Crippen LogP contribution in [0.4, 0.5) is 5.82 Å². The number of fused-ring (bicyclic) bond motifs is 1. The molecule has 0 bridgehead atoms. The van der Waals surface area contributed by atoms with Gasteiger partial charge in [0.15, 0.2) is 5.82 Å². The van der Waals surface area contributed by atoms with Crippen LogP contribution in [0.2, 0.25) is 0 Å². The van der Waals surface area contributed by atoms with Crippen molar-refractivity contribution < 1.29 is 4.74 Å². The highest BCUT2D eigenvalue weighted by molar-refractivity contribution is 7.13. The molecule has 0 aliphatic carbocycles. The minimum absolute atomic E-state index is 0.686. The van der Waals surface area contributed by atoms with E-state index >= 15 is 0 Å². The Morgan fingerprint density at radius 1 is 1.04 bits per heavy atom. The Balaban J connectivity index is 1.44. The van der Waals surface area contributed by atoms with Crippen LogP contribution < -0.4 is 4.90 Å². The number of rotatable bonds is 4. The van der Waals surface area contributed by atoms with Gasteiger partial charge in [-0.25, -0.2) is 9.97 Å². The molecule has 5 nitrogen and oxygen atoms in total. The van der Waals surface area contributed by atoms with Gasteiger partial charge in [-0.1, -0.05) is 18.2 Å². The molecule has 1 unspecified atom stereocenters. The maximum Gasteiger partial charge on any atom is 0.172 e. The summed E-state index contributed by atoms with van der Waals surface area (Å²) in [5.41, 5.74) is 1.03. The maximum atomic E-state index is 5.51. The van der Waals surface area contributed by atoms with Crippen molar-refractivity contribution in [3.63, 3.8) is 0 Å². The van der Waals surface area contributed by atoms with Crippen LogP contribution in [0.5, 0.6) is 0 Å². The second-order valence-corrected chi connectivity index (χ2v) is 8.68. The number of ether oxygens (including phenoxy) is 1. The van der Waals surface area contributed by atoms with Crippen molar-refractivity contribution >= 4 is 28.1 Å². The van der Waals surface area contributed by atoms with Crippen molar-refractivity contribution in [2.24, 2.45) is 5.92 Å². The summed E-state index contributed by atoms with van der Waals surface area (Å²) >= 11 is 1.70. The molecule has 2 aliphatic heterocycles. The van der Waals surface area contributed by atoms with Gasteiger partial charge in [-0.2, -0.15) is 0 Å². The van der Waals surface area contributed by atoms with Gasteiger partial charge in [0, 0.05) is 38.1 Å². The first kappa shape index (κ1) is 18.0. The Morgan fingerprint density at radius 2 is 1.93 bits per heavy atom. The summed E-state index contributed by atoms with van der Waals surface area (Å²) in [6.45, 7) is 7.19. The monoisotopic (exact) mass is 394 g/mol. The van der Waals surface area contributed by atoms with Crippen LogP contribution in [0.15, 0.2) is 41.8 Å². The predicted octanol–water partition coefficient (Wildman–Crippen LogP) is 3.91. The normalized spacial score (nSPS) is 21.3. The molecule has 4 heterocycles. The molecule has 0 saturated carbocycles. The summed E-state index contributed by atoms with van der Waals surface area (Å²) < 4.78 is 5.51. The van der Waals surface area contributed by atoms with Gasteiger partial charge in [0.05, 0.1) is 23.6 Å². The van der Waals surface area contributed by atoms with E-state index in [-0.39, 0.29) is 0 Å². The standard InChI is InChI=1S/C22H26N4OS/c1-2-7-19-18(6-1)22(24-21(23-19)20-8-4-14-28-20)26-9-3-5-17(16-26)15-25-10-12-27-13-11-25/h1-2,4,6-8,14,17H,3,5,9-13,15-16H2. The molecule has 2 aliphatic rings. The highest BCUT2D eigenvalue weighted by atomic mass is 32.1. The number of thiophene rings is 1. The summed E-state index contributed by atoms with van der Waals surface area (Å²) in [7, 11) is 0. The molecular formula is C22H26N4OS. The summed E-state index contributed by atoms with van der Waals surface area (Å²) in [6, 6.07) is 12.6. The van der Waals surface area contributed by atoms with E-state index in [9.17, 15) is 0 Å². The molecule has 0 amide bonds. The van der Waals surface area contributed by atoms with E-state index in [4.69, 9.17) is 14.7 Å². The molecule has 0 N–H and O–H groups in total. The molecule has 2 aromatic heterocycles. The average molecular weight is 395 g/mol. The van der Waals surface area contributed by atoms with Gasteiger partial charge in [0.25, 0.3) is 0 Å². The van der Waals surface area contributed by atoms with E-state index in [1.807, 2.05) is 0 Å². The fourth-order valence-corrected chi connectivity index (χ4v) is 5.03. The zero-order valence-electron chi connectivity index (χ0n) is 16.1. The third-order valence-electron chi connectivity index (χ3n) is 5.76. The first-order valence-corrected chi connectivity index (χ1v) is 11.1. The smallest absolute Gasteiger partial charge is 0.172 e. The molecule has 146 valence electrons. The summed E-state index contributed by atoms with van der Waals surface area (Å²) in [4.78, 5) is 16.1. The third-order valence-corrected chi connectivity index (χ3v) is 6.63. The van der Waals surface area contributed by atoms with Crippen LogP contribution in [-0.2, 0) is 4.74 Å². The van der Waals surface area contributed by atoms with Gasteiger partial charge in [0.2, 0.25) is 0 Å². The highest BCUT2D eigenvalue weighted by Gasteiger charge is 2.25. The molecule has 28 heavy (non-hydrogen) atoms. The molecule has 3 aromatic rings. The van der Waals surface area contributed by atoms with Crippen LogP contribution in [0.25, 0.3) is 21.6 Å². The molecule has 6 heteroatoms. The lowest BCUT2D eigenvalue weighted by atomic mass is 9.97. The van der Waals surface area contributed by atoms with E-state index in [1.54, 1.807) is 11.3 Å². The average Bonchev–Trinajstić information content (AvgIpc) is 3.29. The van der Waals surface area contributed by atoms with Crippen molar-refractivity contribution in [3.8, 4) is 10.7 Å². The van der Waals surface area contributed by atoms with Crippen LogP contribution in [0, 0.1) is 5.92 Å². The molecular weight excluding hydrogens is 368 g/mol. The van der Waals surface area contributed by atoms with Crippen LogP contribution in [0.1, 0.15) is 12.8 Å². The van der Waals surface area contributed by atoms with Gasteiger partial charge in [0.1, 0.15) is 5.82 Å². The minimum atomic E-state index is 0.686. The summed E-state index contributed by atoms with van der Waals surface area (Å²) in [6.07, 6.45) is 2.52. The summed E-state index contributed by atoms with van der Waals surface area (Å²) in [5.74, 6) is 2.63. The number of para-hydroxylation sites is 1. The number of hydrogen-bond acceptors (Lipinski definition) is 6. The summed E-state index contributed by atoms with van der Waals surface area (Å²) in [5, 5.41) is 3.25. The highest BCUT2D eigenvalue weighted by Crippen LogP contribution is 2.32. The molecule has 1 atom stereocenters. The Bertz CT molecular complexity index is 923.